The monoisotopic (exact) mass is 321 g/mol. The lowest BCUT2D eigenvalue weighted by Crippen LogP contribution is -2.28. The van der Waals surface area contributed by atoms with Gasteiger partial charge in [0.15, 0.2) is 0 Å². The zero-order valence-electron chi connectivity index (χ0n) is 13.5. The lowest BCUT2D eigenvalue weighted by atomic mass is 9.98. The normalized spacial score (nSPS) is 17.4. The second-order valence-electron chi connectivity index (χ2n) is 6.14. The first-order valence-corrected chi connectivity index (χ1v) is 8.11. The minimum absolute atomic E-state index is 0.0857. The molecule has 0 aliphatic carbocycles. The molecule has 0 saturated carbocycles. The zero-order chi connectivity index (χ0) is 16.5. The van der Waals surface area contributed by atoms with Crippen LogP contribution in [0.25, 0.3) is 11.0 Å². The van der Waals surface area contributed by atoms with Crippen LogP contribution in [0.15, 0.2) is 48.8 Å². The molecule has 5 heteroatoms. The van der Waals surface area contributed by atoms with Crippen molar-refractivity contribution in [3.05, 3.63) is 59.9 Å². The summed E-state index contributed by atoms with van der Waals surface area (Å²) in [5, 5.41) is 0. The van der Waals surface area contributed by atoms with E-state index in [0.717, 1.165) is 36.3 Å². The average molecular weight is 321 g/mol. The van der Waals surface area contributed by atoms with Gasteiger partial charge in [0.2, 0.25) is 0 Å². The number of likely N-dealkylation sites (tertiary alicyclic amines) is 1. The van der Waals surface area contributed by atoms with Gasteiger partial charge in [-0.3, -0.25) is 4.79 Å². The molecule has 3 aromatic rings. The number of benzene rings is 2. The summed E-state index contributed by atoms with van der Waals surface area (Å²) in [6, 6.07) is 13.8. The molecule has 1 amide bonds. The number of nitrogens with one attached hydrogen (secondary N) is 1. The van der Waals surface area contributed by atoms with Crippen LogP contribution in [-0.2, 0) is 0 Å². The maximum atomic E-state index is 12.8. The topological polar surface area (TPSA) is 58.2 Å². The first kappa shape index (κ1) is 14.8. The Kier molecular flexibility index (Phi) is 3.69. The predicted molar refractivity (Wildman–Crippen MR) is 92.3 cm³/mol. The van der Waals surface area contributed by atoms with Gasteiger partial charge in [0.05, 0.1) is 24.5 Å². The van der Waals surface area contributed by atoms with Crippen LogP contribution in [0.2, 0.25) is 0 Å². The molecule has 1 saturated heterocycles. The van der Waals surface area contributed by atoms with Crippen LogP contribution in [0, 0.1) is 0 Å². The molecular weight excluding hydrogens is 302 g/mol. The fourth-order valence-electron chi connectivity index (χ4n) is 3.34. The molecule has 1 aliphatic rings. The minimum atomic E-state index is 0.0857. The number of fused-ring (bicyclic) bond motifs is 1. The Morgan fingerprint density at radius 2 is 2.08 bits per heavy atom. The molecule has 1 fully saturated rings. The molecule has 2 aromatic carbocycles. The number of nitrogens with zero attached hydrogens (tertiary/aromatic N) is 2. The van der Waals surface area contributed by atoms with E-state index in [1.54, 1.807) is 13.4 Å². The van der Waals surface area contributed by atoms with Crippen LogP contribution in [-0.4, -0.2) is 41.0 Å². The molecule has 0 bridgehead atoms. The Bertz CT molecular complexity index is 870. The molecule has 1 atom stereocenters. The third kappa shape index (κ3) is 2.62. The fourth-order valence-corrected chi connectivity index (χ4v) is 3.34. The Balaban J connectivity index is 1.49. The Labute approximate surface area is 140 Å². The highest BCUT2D eigenvalue weighted by Gasteiger charge is 2.28. The Morgan fingerprint density at radius 3 is 2.88 bits per heavy atom. The van der Waals surface area contributed by atoms with Gasteiger partial charge in [-0.15, -0.1) is 0 Å². The van der Waals surface area contributed by atoms with E-state index in [0.29, 0.717) is 11.5 Å². The minimum Gasteiger partial charge on any atom is -0.497 e. The number of carbonyl (C=O) groups is 1. The first-order valence-electron chi connectivity index (χ1n) is 8.11. The number of imidazole rings is 1. The summed E-state index contributed by atoms with van der Waals surface area (Å²) in [5.74, 6) is 1.33. The van der Waals surface area contributed by atoms with E-state index in [1.807, 2.05) is 35.2 Å². The average Bonchev–Trinajstić information content (AvgIpc) is 3.30. The molecule has 0 spiro atoms. The molecular formula is C19H19N3O2. The van der Waals surface area contributed by atoms with Gasteiger partial charge in [-0.25, -0.2) is 4.98 Å². The van der Waals surface area contributed by atoms with Crippen LogP contribution >= 0.6 is 0 Å². The number of rotatable bonds is 3. The third-order valence-electron chi connectivity index (χ3n) is 4.73. The lowest BCUT2D eigenvalue weighted by Gasteiger charge is -2.17. The van der Waals surface area contributed by atoms with Crippen molar-refractivity contribution in [1.29, 1.82) is 0 Å². The largest absolute Gasteiger partial charge is 0.497 e. The maximum Gasteiger partial charge on any atom is 0.253 e. The number of hydrogen-bond acceptors (Lipinski definition) is 3. The van der Waals surface area contributed by atoms with Crippen LogP contribution in [0.3, 0.4) is 0 Å². The smallest absolute Gasteiger partial charge is 0.253 e. The summed E-state index contributed by atoms with van der Waals surface area (Å²) < 4.78 is 5.20. The molecule has 122 valence electrons. The highest BCUT2D eigenvalue weighted by atomic mass is 16.5. The standard InChI is InChI=1S/C19H19N3O2/c1-24-16-5-2-13(3-6-16)15-8-9-22(11-15)19(23)14-4-7-17-18(10-14)21-12-20-17/h2-7,10,12,15H,8-9,11H2,1H3,(H,20,21). The molecule has 2 heterocycles. The number of ether oxygens (including phenoxy) is 1. The van der Waals surface area contributed by atoms with Crippen LogP contribution in [0.4, 0.5) is 0 Å². The van der Waals surface area contributed by atoms with Gasteiger partial charge in [0, 0.05) is 24.6 Å². The number of carbonyl (C=O) groups excluding carboxylic acids is 1. The molecule has 5 nitrogen and oxygen atoms in total. The summed E-state index contributed by atoms with van der Waals surface area (Å²) in [5.41, 5.74) is 3.74. The predicted octanol–water partition coefficient (Wildman–Crippen LogP) is 3.20. The number of H-pyrrole nitrogens is 1. The molecule has 1 unspecified atom stereocenters. The second-order valence-corrected chi connectivity index (χ2v) is 6.14. The highest BCUT2D eigenvalue weighted by molar-refractivity contribution is 5.97. The zero-order valence-corrected chi connectivity index (χ0v) is 13.5. The Hall–Kier alpha value is -2.82. The molecule has 1 aliphatic heterocycles. The van der Waals surface area contributed by atoms with E-state index < -0.39 is 0 Å². The van der Waals surface area contributed by atoms with Gasteiger partial charge in [0.25, 0.3) is 5.91 Å². The quantitative estimate of drug-likeness (QED) is 0.806. The van der Waals surface area contributed by atoms with Gasteiger partial charge in [-0.05, 0) is 42.3 Å². The van der Waals surface area contributed by atoms with E-state index in [4.69, 9.17) is 4.74 Å². The first-order chi connectivity index (χ1) is 11.7. The maximum absolute atomic E-state index is 12.8. The number of hydrogen-bond donors (Lipinski definition) is 1. The number of aromatic nitrogens is 2. The summed E-state index contributed by atoms with van der Waals surface area (Å²) in [7, 11) is 1.67. The second kappa shape index (κ2) is 6.00. The van der Waals surface area contributed by atoms with Crippen molar-refractivity contribution in [2.45, 2.75) is 12.3 Å². The van der Waals surface area contributed by atoms with Crippen molar-refractivity contribution < 1.29 is 9.53 Å². The Morgan fingerprint density at radius 1 is 1.25 bits per heavy atom. The summed E-state index contributed by atoms with van der Waals surface area (Å²) >= 11 is 0. The number of aromatic amines is 1. The van der Waals surface area contributed by atoms with Gasteiger partial charge in [-0.1, -0.05) is 12.1 Å². The van der Waals surface area contributed by atoms with Crippen LogP contribution in [0.1, 0.15) is 28.3 Å². The molecule has 1 aromatic heterocycles. The van der Waals surface area contributed by atoms with Crippen molar-refractivity contribution in [3.63, 3.8) is 0 Å². The summed E-state index contributed by atoms with van der Waals surface area (Å²) in [6.07, 6.45) is 2.64. The van der Waals surface area contributed by atoms with Crippen LogP contribution in [0.5, 0.6) is 5.75 Å². The third-order valence-corrected chi connectivity index (χ3v) is 4.73. The molecule has 1 N–H and O–H groups in total. The van der Waals surface area contributed by atoms with Crippen molar-refractivity contribution in [2.75, 3.05) is 20.2 Å². The lowest BCUT2D eigenvalue weighted by molar-refractivity contribution is 0.0791. The van der Waals surface area contributed by atoms with E-state index in [9.17, 15) is 4.79 Å². The summed E-state index contributed by atoms with van der Waals surface area (Å²) in [4.78, 5) is 21.9. The van der Waals surface area contributed by atoms with Crippen molar-refractivity contribution in [2.24, 2.45) is 0 Å². The van der Waals surface area contributed by atoms with Gasteiger partial charge in [-0.2, -0.15) is 0 Å². The fraction of sp³-hybridized carbons (Fsp3) is 0.263. The number of amides is 1. The van der Waals surface area contributed by atoms with E-state index >= 15 is 0 Å². The van der Waals surface area contributed by atoms with E-state index in [2.05, 4.69) is 22.1 Å². The summed E-state index contributed by atoms with van der Waals surface area (Å²) in [6.45, 7) is 1.54. The van der Waals surface area contributed by atoms with Gasteiger partial charge < -0.3 is 14.6 Å². The van der Waals surface area contributed by atoms with Gasteiger partial charge >= 0.3 is 0 Å². The molecule has 0 radical (unpaired) electrons. The van der Waals surface area contributed by atoms with Crippen molar-refractivity contribution in [1.82, 2.24) is 14.9 Å². The number of methoxy groups -OCH3 is 1. The van der Waals surface area contributed by atoms with Crippen LogP contribution < -0.4 is 4.74 Å². The van der Waals surface area contributed by atoms with E-state index in [1.165, 1.54) is 5.56 Å². The molecule has 24 heavy (non-hydrogen) atoms. The van der Waals surface area contributed by atoms with Gasteiger partial charge in [0.1, 0.15) is 5.75 Å². The van der Waals surface area contributed by atoms with E-state index in [-0.39, 0.29) is 5.91 Å². The molecule has 4 rings (SSSR count). The highest BCUT2D eigenvalue weighted by Crippen LogP contribution is 2.29. The van der Waals surface area contributed by atoms with Crippen molar-refractivity contribution in [3.8, 4) is 5.75 Å². The SMILES string of the molecule is COc1ccc(C2CCN(C(=O)c3ccc4nc[nH]c4c3)C2)cc1. The van der Waals surface area contributed by atoms with Crippen molar-refractivity contribution >= 4 is 16.9 Å².